The Morgan fingerprint density at radius 2 is 0.776 bits per heavy atom. The van der Waals surface area contributed by atoms with Gasteiger partial charge in [0.1, 0.15) is 13.2 Å². The first-order valence-electron chi connectivity index (χ1n) is 18.6. The molecule has 0 aromatic heterocycles. The molecule has 0 aliphatic rings. The van der Waals surface area contributed by atoms with E-state index in [9.17, 15) is 19.2 Å². The molecule has 2 atom stereocenters. The Bertz CT molecular complexity index is 977. The molecule has 0 heterocycles. The Morgan fingerprint density at radius 1 is 0.510 bits per heavy atom. The standard InChI is InChI=1S/C38H65F3O8/c1-9-15-21-36(39,22-16-10-2)33(43)46-27-30(48-32(42)29(7)8)31(49-35(45)38(41,25-19-13-5)26-20-14-6)28-47-34(44)37(40,23-17-11-3)24-18-12-4/h30-31H,7,9-28H2,1-6,8H3. The lowest BCUT2D eigenvalue weighted by atomic mass is 9.92. The van der Waals surface area contributed by atoms with Crippen LogP contribution in [-0.4, -0.2) is 66.3 Å². The summed E-state index contributed by atoms with van der Waals surface area (Å²) < 4.78 is 70.1. The summed E-state index contributed by atoms with van der Waals surface area (Å²) in [6, 6.07) is 0. The van der Waals surface area contributed by atoms with E-state index in [1.165, 1.54) is 6.92 Å². The quantitative estimate of drug-likeness (QED) is 0.0430. The summed E-state index contributed by atoms with van der Waals surface area (Å²) >= 11 is 0. The lowest BCUT2D eigenvalue weighted by Crippen LogP contribution is -2.48. The summed E-state index contributed by atoms with van der Waals surface area (Å²) in [5, 5.41) is 0. The van der Waals surface area contributed by atoms with Crippen molar-refractivity contribution < 1.29 is 51.3 Å². The summed E-state index contributed by atoms with van der Waals surface area (Å²) in [6.45, 7) is 14.4. The molecule has 0 fully saturated rings. The van der Waals surface area contributed by atoms with Crippen molar-refractivity contribution in [1.29, 1.82) is 0 Å². The SMILES string of the molecule is C=C(C)C(=O)OC(COC(=O)C(F)(CCCC)CCCC)C(COC(=O)C(F)(CCCC)CCCC)OC(=O)C(F)(CCCC)CCCC. The third-order valence-electron chi connectivity index (χ3n) is 8.69. The number of carbonyl (C=O) groups excluding carboxylic acids is 4. The van der Waals surface area contributed by atoms with Crippen molar-refractivity contribution in [3.8, 4) is 0 Å². The van der Waals surface area contributed by atoms with Gasteiger partial charge in [0.25, 0.3) is 0 Å². The van der Waals surface area contributed by atoms with Gasteiger partial charge in [-0.3, -0.25) is 0 Å². The Balaban J connectivity index is 6.70. The molecule has 286 valence electrons. The molecule has 0 N–H and O–H groups in total. The number of alkyl halides is 3. The minimum absolute atomic E-state index is 0.0586. The Kier molecular flexibility index (Phi) is 23.2. The Labute approximate surface area is 293 Å². The molecule has 0 aromatic rings. The largest absolute Gasteiger partial charge is 0.459 e. The second-order valence-electron chi connectivity index (χ2n) is 13.4. The van der Waals surface area contributed by atoms with Crippen molar-refractivity contribution in [2.45, 2.75) is 193 Å². The van der Waals surface area contributed by atoms with Gasteiger partial charge in [-0.15, -0.1) is 0 Å². The summed E-state index contributed by atoms with van der Waals surface area (Å²) in [5.74, 6) is -4.61. The molecule has 0 rings (SSSR count). The van der Waals surface area contributed by atoms with Crippen LogP contribution in [0.4, 0.5) is 13.2 Å². The highest BCUT2D eigenvalue weighted by atomic mass is 19.2. The van der Waals surface area contributed by atoms with Crippen LogP contribution >= 0.6 is 0 Å². The number of esters is 4. The van der Waals surface area contributed by atoms with Crippen LogP contribution in [0.25, 0.3) is 0 Å². The maximum Gasteiger partial charge on any atom is 0.344 e. The summed E-state index contributed by atoms with van der Waals surface area (Å²) in [6.07, 6.45) is 2.23. The van der Waals surface area contributed by atoms with E-state index in [0.29, 0.717) is 77.0 Å². The number of rotatable bonds is 29. The van der Waals surface area contributed by atoms with Crippen molar-refractivity contribution in [2.75, 3.05) is 13.2 Å². The predicted octanol–water partition coefficient (Wildman–Crippen LogP) is 9.74. The van der Waals surface area contributed by atoms with E-state index in [0.717, 1.165) is 0 Å². The first kappa shape index (κ1) is 46.4. The van der Waals surface area contributed by atoms with Crippen LogP contribution in [0.1, 0.15) is 164 Å². The third kappa shape index (κ3) is 16.8. The van der Waals surface area contributed by atoms with E-state index < -0.39 is 66.3 Å². The monoisotopic (exact) mass is 706 g/mol. The molecule has 2 unspecified atom stereocenters. The van der Waals surface area contributed by atoms with Crippen molar-refractivity contribution >= 4 is 23.9 Å². The van der Waals surface area contributed by atoms with Gasteiger partial charge in [0.2, 0.25) is 17.0 Å². The molecule has 0 spiro atoms. The van der Waals surface area contributed by atoms with Crippen LogP contribution in [0.3, 0.4) is 0 Å². The van der Waals surface area contributed by atoms with E-state index in [1.54, 1.807) is 0 Å². The lowest BCUT2D eigenvalue weighted by molar-refractivity contribution is -0.193. The Morgan fingerprint density at radius 3 is 1.04 bits per heavy atom. The van der Waals surface area contributed by atoms with Crippen molar-refractivity contribution in [2.24, 2.45) is 0 Å². The zero-order valence-corrected chi connectivity index (χ0v) is 31.4. The van der Waals surface area contributed by atoms with Gasteiger partial charge < -0.3 is 18.9 Å². The van der Waals surface area contributed by atoms with Crippen LogP contribution in [0.5, 0.6) is 0 Å². The molecule has 8 nitrogen and oxygen atoms in total. The highest BCUT2D eigenvalue weighted by Crippen LogP contribution is 2.32. The fourth-order valence-electron chi connectivity index (χ4n) is 5.22. The van der Waals surface area contributed by atoms with Crippen LogP contribution in [0.2, 0.25) is 0 Å². The summed E-state index contributed by atoms with van der Waals surface area (Å²) in [7, 11) is 0. The van der Waals surface area contributed by atoms with E-state index in [4.69, 9.17) is 18.9 Å². The molecule has 0 amide bonds. The van der Waals surface area contributed by atoms with Crippen LogP contribution in [-0.2, 0) is 38.1 Å². The van der Waals surface area contributed by atoms with Crippen molar-refractivity contribution in [3.05, 3.63) is 12.2 Å². The molecule has 0 aliphatic carbocycles. The molecule has 0 aliphatic heterocycles. The number of hydrogen-bond acceptors (Lipinski definition) is 8. The normalized spacial score (nSPS) is 13.3. The zero-order chi connectivity index (χ0) is 37.5. The first-order valence-corrected chi connectivity index (χ1v) is 18.6. The fraction of sp³-hybridized carbons (Fsp3) is 0.842. The zero-order valence-electron chi connectivity index (χ0n) is 31.4. The molecule has 0 saturated heterocycles. The highest BCUT2D eigenvalue weighted by Gasteiger charge is 2.45. The van der Waals surface area contributed by atoms with Crippen LogP contribution in [0.15, 0.2) is 12.2 Å². The van der Waals surface area contributed by atoms with Gasteiger partial charge >= 0.3 is 23.9 Å². The Hall–Kier alpha value is -2.59. The maximum atomic E-state index is 16.2. The molecular formula is C38H65F3O8. The molecular weight excluding hydrogens is 641 g/mol. The predicted molar refractivity (Wildman–Crippen MR) is 185 cm³/mol. The average molecular weight is 707 g/mol. The smallest absolute Gasteiger partial charge is 0.344 e. The van der Waals surface area contributed by atoms with Gasteiger partial charge in [-0.2, -0.15) is 0 Å². The maximum absolute atomic E-state index is 16.2. The summed E-state index contributed by atoms with van der Waals surface area (Å²) in [5.41, 5.74) is -7.10. The second-order valence-corrected chi connectivity index (χ2v) is 13.4. The van der Waals surface area contributed by atoms with Gasteiger partial charge in [0, 0.05) is 5.57 Å². The minimum atomic E-state index is -2.41. The van der Waals surface area contributed by atoms with E-state index in [-0.39, 0.29) is 44.1 Å². The third-order valence-corrected chi connectivity index (χ3v) is 8.69. The van der Waals surface area contributed by atoms with E-state index >= 15 is 13.2 Å². The fourth-order valence-corrected chi connectivity index (χ4v) is 5.22. The minimum Gasteiger partial charge on any atom is -0.459 e. The van der Waals surface area contributed by atoms with Crippen molar-refractivity contribution in [3.63, 3.8) is 0 Å². The second kappa shape index (κ2) is 24.5. The molecule has 0 bridgehead atoms. The summed E-state index contributed by atoms with van der Waals surface area (Å²) in [4.78, 5) is 52.7. The number of unbranched alkanes of at least 4 members (excludes halogenated alkanes) is 6. The van der Waals surface area contributed by atoms with Gasteiger partial charge in [0.05, 0.1) is 0 Å². The number of ether oxygens (including phenoxy) is 4. The number of halogens is 3. The van der Waals surface area contributed by atoms with Crippen LogP contribution in [0, 0.1) is 0 Å². The van der Waals surface area contributed by atoms with E-state index in [2.05, 4.69) is 6.58 Å². The number of carbonyl (C=O) groups is 4. The van der Waals surface area contributed by atoms with Gasteiger partial charge in [-0.05, 0) is 84.0 Å². The van der Waals surface area contributed by atoms with Crippen LogP contribution < -0.4 is 0 Å². The lowest BCUT2D eigenvalue weighted by Gasteiger charge is -2.32. The number of hydrogen-bond donors (Lipinski definition) is 0. The van der Waals surface area contributed by atoms with E-state index in [1.807, 2.05) is 41.5 Å². The molecule has 49 heavy (non-hydrogen) atoms. The molecule has 0 aromatic carbocycles. The average Bonchev–Trinajstić information content (AvgIpc) is 3.08. The van der Waals surface area contributed by atoms with Gasteiger partial charge in [0.15, 0.2) is 12.2 Å². The molecule has 11 heteroatoms. The van der Waals surface area contributed by atoms with Gasteiger partial charge in [-0.1, -0.05) is 86.6 Å². The van der Waals surface area contributed by atoms with Crippen molar-refractivity contribution in [1.82, 2.24) is 0 Å². The first-order chi connectivity index (χ1) is 23.1. The molecule has 0 radical (unpaired) electrons. The molecule has 0 saturated carbocycles. The topological polar surface area (TPSA) is 105 Å². The highest BCUT2D eigenvalue weighted by molar-refractivity contribution is 5.87. The van der Waals surface area contributed by atoms with Gasteiger partial charge in [-0.25, -0.2) is 32.3 Å².